The number of nitrogens with zero attached hydrogens (tertiary/aromatic N) is 2. The van der Waals surface area contributed by atoms with Crippen molar-refractivity contribution < 1.29 is 19.1 Å². The maximum absolute atomic E-state index is 13.4. The van der Waals surface area contributed by atoms with Gasteiger partial charge in [-0.2, -0.15) is 0 Å². The van der Waals surface area contributed by atoms with Crippen molar-refractivity contribution >= 4 is 17.5 Å². The van der Waals surface area contributed by atoms with Crippen molar-refractivity contribution in [3.05, 3.63) is 59.7 Å². The molecule has 0 bridgehead atoms. The number of carbonyl (C=O) groups excluding carboxylic acids is 2. The van der Waals surface area contributed by atoms with Gasteiger partial charge in [0, 0.05) is 43.5 Å². The largest absolute Gasteiger partial charge is 0.492 e. The van der Waals surface area contributed by atoms with Gasteiger partial charge < -0.3 is 19.7 Å². The van der Waals surface area contributed by atoms with Crippen LogP contribution in [0.5, 0.6) is 5.75 Å². The molecule has 0 radical (unpaired) electrons. The van der Waals surface area contributed by atoms with E-state index >= 15 is 0 Å². The Labute approximate surface area is 195 Å². The molecule has 2 atom stereocenters. The number of benzene rings is 2. The molecule has 0 aromatic heterocycles. The van der Waals surface area contributed by atoms with Crippen molar-refractivity contribution in [2.24, 2.45) is 5.92 Å². The number of anilines is 1. The van der Waals surface area contributed by atoms with Crippen LogP contribution in [-0.2, 0) is 16.1 Å². The lowest BCUT2D eigenvalue weighted by Gasteiger charge is -2.31. The molecule has 2 amide bonds. The molecular formula is C26H33N3O4. The summed E-state index contributed by atoms with van der Waals surface area (Å²) >= 11 is 0. The van der Waals surface area contributed by atoms with Crippen molar-refractivity contribution in [3.63, 3.8) is 0 Å². The van der Waals surface area contributed by atoms with E-state index in [4.69, 9.17) is 9.47 Å². The number of carbonyl (C=O) groups is 2. The van der Waals surface area contributed by atoms with E-state index in [1.54, 1.807) is 4.90 Å². The van der Waals surface area contributed by atoms with Gasteiger partial charge in [-0.05, 0) is 29.7 Å². The molecule has 2 aliphatic heterocycles. The molecule has 33 heavy (non-hydrogen) atoms. The Morgan fingerprint density at radius 3 is 2.70 bits per heavy atom. The second kappa shape index (κ2) is 10.8. The Morgan fingerprint density at radius 1 is 1.15 bits per heavy atom. The van der Waals surface area contributed by atoms with Crippen LogP contribution in [0.2, 0.25) is 0 Å². The molecule has 0 aliphatic carbocycles. The second-order valence-electron chi connectivity index (χ2n) is 8.74. The molecule has 4 rings (SSSR count). The number of rotatable bonds is 9. The van der Waals surface area contributed by atoms with E-state index < -0.39 is 6.04 Å². The van der Waals surface area contributed by atoms with Crippen LogP contribution >= 0.6 is 0 Å². The monoisotopic (exact) mass is 451 g/mol. The van der Waals surface area contributed by atoms with Gasteiger partial charge in [-0.25, -0.2) is 0 Å². The van der Waals surface area contributed by atoms with Crippen molar-refractivity contribution in [1.29, 1.82) is 0 Å². The van der Waals surface area contributed by atoms with E-state index in [9.17, 15) is 9.59 Å². The summed E-state index contributed by atoms with van der Waals surface area (Å²) in [5, 5.41) is 3.02. The summed E-state index contributed by atoms with van der Waals surface area (Å²) in [5.74, 6) is 0.490. The molecule has 2 aromatic carbocycles. The molecular weight excluding hydrogens is 418 g/mol. The molecule has 2 aliphatic rings. The third-order valence-electron chi connectivity index (χ3n) is 6.52. The highest BCUT2D eigenvalue weighted by Crippen LogP contribution is 2.29. The number of hydrogen-bond acceptors (Lipinski definition) is 5. The number of ether oxygens (including phenoxy) is 2. The van der Waals surface area contributed by atoms with Crippen LogP contribution in [0.3, 0.4) is 0 Å². The van der Waals surface area contributed by atoms with Crippen LogP contribution in [0.1, 0.15) is 36.2 Å². The predicted molar refractivity (Wildman–Crippen MR) is 127 cm³/mol. The summed E-state index contributed by atoms with van der Waals surface area (Å²) in [4.78, 5) is 30.4. The summed E-state index contributed by atoms with van der Waals surface area (Å²) < 4.78 is 11.3. The average molecular weight is 452 g/mol. The Bertz CT molecular complexity index is 974. The van der Waals surface area contributed by atoms with E-state index in [-0.39, 0.29) is 17.7 Å². The maximum atomic E-state index is 13.4. The number of amides is 2. The predicted octanol–water partition coefficient (Wildman–Crippen LogP) is 3.41. The van der Waals surface area contributed by atoms with Crippen LogP contribution < -0.4 is 10.1 Å². The highest BCUT2D eigenvalue weighted by Gasteiger charge is 2.38. The van der Waals surface area contributed by atoms with Crippen LogP contribution in [0.25, 0.3) is 0 Å². The Hall–Kier alpha value is -2.90. The number of hydrogen-bond donors (Lipinski definition) is 1. The Kier molecular flexibility index (Phi) is 7.62. The van der Waals surface area contributed by atoms with Gasteiger partial charge in [0.05, 0.1) is 13.2 Å². The van der Waals surface area contributed by atoms with Crippen LogP contribution in [0.15, 0.2) is 48.5 Å². The third-order valence-corrected chi connectivity index (χ3v) is 6.52. The van der Waals surface area contributed by atoms with Gasteiger partial charge in [0.15, 0.2) is 0 Å². The molecule has 7 heteroatoms. The average Bonchev–Trinajstić information content (AvgIpc) is 3.16. The summed E-state index contributed by atoms with van der Waals surface area (Å²) in [6.45, 7) is 9.33. The number of fused-ring (bicyclic) bond motifs is 1. The number of morpholine rings is 1. The quantitative estimate of drug-likeness (QED) is 0.633. The normalized spacial score (nSPS) is 18.0. The van der Waals surface area contributed by atoms with E-state index in [1.165, 1.54) is 0 Å². The van der Waals surface area contributed by atoms with Gasteiger partial charge in [-0.15, -0.1) is 0 Å². The van der Waals surface area contributed by atoms with Crippen molar-refractivity contribution in [3.8, 4) is 5.75 Å². The zero-order valence-corrected chi connectivity index (χ0v) is 19.5. The summed E-state index contributed by atoms with van der Waals surface area (Å²) in [5.41, 5.74) is 2.33. The fourth-order valence-electron chi connectivity index (χ4n) is 4.43. The molecule has 1 fully saturated rings. The first-order valence-corrected chi connectivity index (χ1v) is 11.8. The minimum atomic E-state index is -0.541. The lowest BCUT2D eigenvalue weighted by Crippen LogP contribution is -2.48. The van der Waals surface area contributed by atoms with Crippen LogP contribution in [-0.4, -0.2) is 67.1 Å². The minimum Gasteiger partial charge on any atom is -0.492 e. The molecule has 1 N–H and O–H groups in total. The lowest BCUT2D eigenvalue weighted by molar-refractivity contribution is -0.122. The molecule has 0 spiro atoms. The molecule has 2 aromatic rings. The minimum absolute atomic E-state index is 0.0243. The van der Waals surface area contributed by atoms with Gasteiger partial charge in [0.1, 0.15) is 18.4 Å². The second-order valence-corrected chi connectivity index (χ2v) is 8.74. The van der Waals surface area contributed by atoms with Gasteiger partial charge in [-0.1, -0.05) is 44.5 Å². The third kappa shape index (κ3) is 5.54. The summed E-state index contributed by atoms with van der Waals surface area (Å²) in [7, 11) is 0. The van der Waals surface area contributed by atoms with Crippen LogP contribution in [0, 0.1) is 5.92 Å². The van der Waals surface area contributed by atoms with Gasteiger partial charge >= 0.3 is 0 Å². The summed E-state index contributed by atoms with van der Waals surface area (Å²) in [6, 6.07) is 14.5. The van der Waals surface area contributed by atoms with Crippen molar-refractivity contribution in [2.45, 2.75) is 32.9 Å². The van der Waals surface area contributed by atoms with Crippen LogP contribution in [0.4, 0.5) is 5.69 Å². The number of nitrogens with one attached hydrogen (secondary N) is 1. The Morgan fingerprint density at radius 2 is 1.94 bits per heavy atom. The molecule has 0 unspecified atom stereocenters. The molecule has 0 saturated carbocycles. The smallest absolute Gasteiger partial charge is 0.255 e. The first-order valence-electron chi connectivity index (χ1n) is 11.8. The van der Waals surface area contributed by atoms with E-state index in [2.05, 4.69) is 10.2 Å². The lowest BCUT2D eigenvalue weighted by atomic mass is 9.96. The highest BCUT2D eigenvalue weighted by atomic mass is 16.5. The van der Waals surface area contributed by atoms with Gasteiger partial charge in [0.25, 0.3) is 5.91 Å². The SMILES string of the molecule is CC[C@H](C)[C@@H](C(=O)Nc1cccc(OCCN2CCOCC2)c1)N1Cc2ccccc2C1=O. The van der Waals surface area contributed by atoms with E-state index in [0.29, 0.717) is 30.2 Å². The molecule has 1 saturated heterocycles. The molecule has 7 nitrogen and oxygen atoms in total. The van der Waals surface area contributed by atoms with E-state index in [1.807, 2.05) is 62.4 Å². The van der Waals surface area contributed by atoms with E-state index in [0.717, 1.165) is 44.8 Å². The zero-order chi connectivity index (χ0) is 23.2. The van der Waals surface area contributed by atoms with Crippen molar-refractivity contribution in [2.75, 3.05) is 44.8 Å². The highest BCUT2D eigenvalue weighted by molar-refractivity contribution is 6.03. The maximum Gasteiger partial charge on any atom is 0.255 e. The zero-order valence-electron chi connectivity index (χ0n) is 19.5. The van der Waals surface area contributed by atoms with Crippen molar-refractivity contribution in [1.82, 2.24) is 9.80 Å². The molecule has 2 heterocycles. The molecule has 176 valence electrons. The first-order chi connectivity index (χ1) is 16.1. The standard InChI is InChI=1S/C26H33N3O4/c1-3-19(2)24(29-18-20-7-4-5-10-23(20)26(29)31)25(30)27-21-8-6-9-22(17-21)33-16-13-28-11-14-32-15-12-28/h4-10,17,19,24H,3,11-16,18H2,1-2H3,(H,27,30)/t19-,24-/m0/s1. The Balaban J connectivity index is 1.40. The topological polar surface area (TPSA) is 71.1 Å². The van der Waals surface area contributed by atoms with Gasteiger partial charge in [-0.3, -0.25) is 14.5 Å². The van der Waals surface area contributed by atoms with Gasteiger partial charge in [0.2, 0.25) is 5.91 Å². The fraction of sp³-hybridized carbons (Fsp3) is 0.462. The first kappa shape index (κ1) is 23.3. The fourth-order valence-corrected chi connectivity index (χ4v) is 4.43. The summed E-state index contributed by atoms with van der Waals surface area (Å²) in [6.07, 6.45) is 0.795.